The molecule has 2 aromatic rings. The van der Waals surface area contributed by atoms with Crippen LogP contribution in [-0.4, -0.2) is 51.9 Å². The molecule has 1 aromatic carbocycles. The molecule has 2 amide bonds. The lowest BCUT2D eigenvalue weighted by atomic mass is 9.60. The predicted octanol–water partition coefficient (Wildman–Crippen LogP) is 2.60. The van der Waals surface area contributed by atoms with Crippen LogP contribution in [0.1, 0.15) is 39.2 Å². The van der Waals surface area contributed by atoms with Crippen LogP contribution in [0.5, 0.6) is 0 Å². The minimum absolute atomic E-state index is 0.0400. The zero-order valence-electron chi connectivity index (χ0n) is 18.1. The van der Waals surface area contributed by atoms with E-state index in [0.29, 0.717) is 29.5 Å². The maximum atomic E-state index is 12.6. The summed E-state index contributed by atoms with van der Waals surface area (Å²) >= 11 is 0. The van der Waals surface area contributed by atoms with Crippen LogP contribution >= 0.6 is 0 Å². The quantitative estimate of drug-likeness (QED) is 0.724. The molecule has 8 nitrogen and oxygen atoms in total. The van der Waals surface area contributed by atoms with Crippen LogP contribution in [-0.2, 0) is 16.6 Å². The van der Waals surface area contributed by atoms with Gasteiger partial charge in [0.2, 0.25) is 6.41 Å². The van der Waals surface area contributed by atoms with E-state index in [1.165, 1.54) is 4.68 Å². The third kappa shape index (κ3) is 3.34. The van der Waals surface area contributed by atoms with E-state index < -0.39 is 5.60 Å². The van der Waals surface area contributed by atoms with E-state index in [2.05, 4.69) is 5.10 Å². The highest BCUT2D eigenvalue weighted by molar-refractivity contribution is 5.99. The Labute approximate surface area is 175 Å². The van der Waals surface area contributed by atoms with E-state index in [0.717, 1.165) is 24.8 Å². The third-order valence-electron chi connectivity index (χ3n) is 6.13. The Morgan fingerprint density at radius 3 is 2.57 bits per heavy atom. The summed E-state index contributed by atoms with van der Waals surface area (Å²) in [6, 6.07) is 3.79. The minimum Gasteiger partial charge on any atom is -0.444 e. The van der Waals surface area contributed by atoms with Gasteiger partial charge < -0.3 is 14.5 Å². The molecule has 0 N–H and O–H groups in total. The van der Waals surface area contributed by atoms with Gasteiger partial charge in [0.05, 0.1) is 17.3 Å². The molecule has 2 fully saturated rings. The Kier molecular flexibility index (Phi) is 4.63. The number of ether oxygens (including phenoxy) is 1. The van der Waals surface area contributed by atoms with Gasteiger partial charge in [-0.05, 0) is 52.2 Å². The van der Waals surface area contributed by atoms with Crippen LogP contribution in [0.4, 0.5) is 10.5 Å². The van der Waals surface area contributed by atoms with E-state index >= 15 is 0 Å². The van der Waals surface area contributed by atoms with Crippen LogP contribution in [0.25, 0.3) is 10.8 Å². The highest BCUT2D eigenvalue weighted by atomic mass is 16.6. The van der Waals surface area contributed by atoms with Gasteiger partial charge in [-0.3, -0.25) is 9.59 Å². The summed E-state index contributed by atoms with van der Waals surface area (Å²) < 4.78 is 6.74. The van der Waals surface area contributed by atoms with Crippen molar-refractivity contribution in [2.24, 2.45) is 12.5 Å². The van der Waals surface area contributed by atoms with Gasteiger partial charge in [0.25, 0.3) is 5.56 Å². The second kappa shape index (κ2) is 6.82. The first-order valence-corrected chi connectivity index (χ1v) is 10.2. The maximum absolute atomic E-state index is 12.6. The van der Waals surface area contributed by atoms with Gasteiger partial charge >= 0.3 is 6.09 Å². The van der Waals surface area contributed by atoms with E-state index in [1.54, 1.807) is 23.0 Å². The molecule has 8 heteroatoms. The average molecular weight is 412 g/mol. The Balaban J connectivity index is 1.50. The molecular formula is C22H28N4O4. The smallest absolute Gasteiger partial charge is 0.410 e. The van der Waals surface area contributed by atoms with Crippen molar-refractivity contribution in [1.82, 2.24) is 14.7 Å². The largest absolute Gasteiger partial charge is 0.444 e. The number of fused-ring (bicyclic) bond motifs is 1. The molecule has 0 bridgehead atoms. The number of benzene rings is 1. The van der Waals surface area contributed by atoms with Crippen molar-refractivity contribution in [2.45, 2.75) is 52.2 Å². The molecule has 1 saturated carbocycles. The van der Waals surface area contributed by atoms with E-state index in [9.17, 15) is 14.4 Å². The Morgan fingerprint density at radius 1 is 1.30 bits per heavy atom. The second-order valence-electron chi connectivity index (χ2n) is 9.67. The fourth-order valence-corrected chi connectivity index (χ4v) is 4.67. The first-order valence-electron chi connectivity index (χ1n) is 10.2. The monoisotopic (exact) mass is 412 g/mol. The van der Waals surface area contributed by atoms with Crippen LogP contribution in [0.3, 0.4) is 0 Å². The summed E-state index contributed by atoms with van der Waals surface area (Å²) in [5.74, 6) is 0. The van der Waals surface area contributed by atoms with Gasteiger partial charge in [0.1, 0.15) is 5.60 Å². The number of carbonyl (C=O) groups excluding carboxylic acids is 2. The highest BCUT2D eigenvalue weighted by Crippen LogP contribution is 2.51. The van der Waals surface area contributed by atoms with Gasteiger partial charge in [-0.15, -0.1) is 0 Å². The Morgan fingerprint density at radius 2 is 1.97 bits per heavy atom. The van der Waals surface area contributed by atoms with Crippen molar-refractivity contribution in [1.29, 1.82) is 0 Å². The van der Waals surface area contributed by atoms with Gasteiger partial charge in [-0.1, -0.05) is 6.07 Å². The summed E-state index contributed by atoms with van der Waals surface area (Å²) in [6.45, 7) is 8.77. The third-order valence-corrected chi connectivity index (χ3v) is 6.13. The lowest BCUT2D eigenvalue weighted by Gasteiger charge is -2.60. The second-order valence-corrected chi connectivity index (χ2v) is 9.67. The summed E-state index contributed by atoms with van der Waals surface area (Å²) in [4.78, 5) is 40.2. The van der Waals surface area contributed by atoms with Crippen molar-refractivity contribution >= 4 is 29.0 Å². The first kappa shape index (κ1) is 20.4. The lowest BCUT2D eigenvalue weighted by molar-refractivity contribution is -0.111. The normalized spacial score (nSPS) is 18.1. The molecule has 30 heavy (non-hydrogen) atoms. The van der Waals surface area contributed by atoms with Crippen molar-refractivity contribution in [2.75, 3.05) is 18.0 Å². The van der Waals surface area contributed by atoms with Gasteiger partial charge in [-0.25, -0.2) is 9.48 Å². The number of amides is 2. The van der Waals surface area contributed by atoms with Crippen LogP contribution in [0, 0.1) is 12.3 Å². The van der Waals surface area contributed by atoms with E-state index in [1.807, 2.05) is 39.8 Å². The zero-order chi connectivity index (χ0) is 21.8. The van der Waals surface area contributed by atoms with Gasteiger partial charge in [0.15, 0.2) is 0 Å². The summed E-state index contributed by atoms with van der Waals surface area (Å²) in [7, 11) is 1.62. The van der Waals surface area contributed by atoms with E-state index in [4.69, 9.17) is 4.74 Å². The number of likely N-dealkylation sites (tertiary alicyclic amines) is 1. The molecular weight excluding hydrogens is 384 g/mol. The van der Waals surface area contributed by atoms with Crippen LogP contribution in [0.2, 0.25) is 0 Å². The number of carbonyl (C=O) groups is 2. The van der Waals surface area contributed by atoms with Crippen LogP contribution < -0.4 is 10.5 Å². The predicted molar refractivity (Wildman–Crippen MR) is 114 cm³/mol. The zero-order valence-corrected chi connectivity index (χ0v) is 18.1. The minimum atomic E-state index is -0.506. The molecule has 2 heterocycles. The number of hydrogen-bond donors (Lipinski definition) is 0. The summed E-state index contributed by atoms with van der Waals surface area (Å²) in [5, 5.41) is 5.42. The first-order chi connectivity index (χ1) is 14.0. The number of aryl methyl sites for hydroxylation is 2. The van der Waals surface area contributed by atoms with Crippen molar-refractivity contribution < 1.29 is 14.3 Å². The molecule has 1 aliphatic heterocycles. The summed E-state index contributed by atoms with van der Waals surface area (Å²) in [6.07, 6.45) is 3.84. The Bertz CT molecular complexity index is 1070. The molecule has 0 atom stereocenters. The number of rotatable bonds is 3. The van der Waals surface area contributed by atoms with Crippen LogP contribution in [0.15, 0.2) is 23.1 Å². The van der Waals surface area contributed by atoms with Gasteiger partial charge in [-0.2, -0.15) is 5.10 Å². The standard InChI is InChI=1S/C22H28N4O4/c1-14-6-7-17(16-10-23-24(5)19(28)18(14)16)26(13-27)15-8-22(9-15)11-25(12-22)20(29)30-21(2,3)4/h6-7,10,13,15H,8-9,11-12H2,1-5H3. The molecule has 0 radical (unpaired) electrons. The number of hydrogen-bond acceptors (Lipinski definition) is 5. The average Bonchev–Trinajstić information content (AvgIpc) is 2.58. The van der Waals surface area contributed by atoms with Crippen molar-refractivity contribution in [3.8, 4) is 0 Å². The fourth-order valence-electron chi connectivity index (χ4n) is 4.67. The topological polar surface area (TPSA) is 84.7 Å². The summed E-state index contributed by atoms with van der Waals surface area (Å²) in [5.41, 5.74) is 0.944. The molecule has 1 saturated heterocycles. The molecule has 1 aromatic heterocycles. The lowest BCUT2D eigenvalue weighted by Crippen LogP contribution is -2.68. The van der Waals surface area contributed by atoms with E-state index in [-0.39, 0.29) is 23.1 Å². The molecule has 2 aliphatic rings. The number of nitrogens with zero attached hydrogens (tertiary/aromatic N) is 4. The molecule has 0 unspecified atom stereocenters. The fraction of sp³-hybridized carbons (Fsp3) is 0.545. The van der Waals surface area contributed by atoms with Crippen molar-refractivity contribution in [3.63, 3.8) is 0 Å². The number of aromatic nitrogens is 2. The molecule has 160 valence electrons. The molecule has 1 spiro atoms. The maximum Gasteiger partial charge on any atom is 0.410 e. The molecule has 1 aliphatic carbocycles. The number of anilines is 1. The van der Waals surface area contributed by atoms with Crippen molar-refractivity contribution in [3.05, 3.63) is 34.2 Å². The SMILES string of the molecule is Cc1ccc(N(C=O)C2CC3(C2)CN(C(=O)OC(C)(C)C)C3)c2cnn(C)c(=O)c12. The van der Waals surface area contributed by atoms with Gasteiger partial charge in [0, 0.05) is 37.0 Å². The highest BCUT2D eigenvalue weighted by Gasteiger charge is 2.56. The molecule has 4 rings (SSSR count). The Hall–Kier alpha value is -2.90.